The first-order valence-electron chi connectivity index (χ1n) is 6.71. The van der Waals surface area contributed by atoms with E-state index in [1.54, 1.807) is 6.07 Å². The van der Waals surface area contributed by atoms with Crippen LogP contribution in [0.1, 0.15) is 31.2 Å². The maximum absolute atomic E-state index is 11.4. The number of benzene rings is 1. The topological polar surface area (TPSA) is 39.4 Å². The molecule has 0 saturated heterocycles. The van der Waals surface area contributed by atoms with Crippen molar-refractivity contribution in [2.75, 3.05) is 0 Å². The van der Waals surface area contributed by atoms with Gasteiger partial charge in [0.25, 0.3) is 0 Å². The summed E-state index contributed by atoms with van der Waals surface area (Å²) in [5.74, 6) is 0.825. The van der Waals surface area contributed by atoms with Gasteiger partial charge in [-0.3, -0.25) is 0 Å². The standard InChI is InChI=1S/C16H14O3/c17-14-6-4-11-3-5-13-12(15(11)18-14)7-10-16(19-13)8-1-2-9-16/h3-7,10H,1-2,8-9H2. The van der Waals surface area contributed by atoms with Gasteiger partial charge in [-0.25, -0.2) is 4.79 Å². The highest BCUT2D eigenvalue weighted by Gasteiger charge is 2.36. The third kappa shape index (κ3) is 1.61. The van der Waals surface area contributed by atoms with Crippen LogP contribution in [-0.2, 0) is 0 Å². The Labute approximate surface area is 110 Å². The molecule has 0 amide bonds. The molecule has 0 radical (unpaired) electrons. The van der Waals surface area contributed by atoms with E-state index in [1.807, 2.05) is 12.1 Å². The average Bonchev–Trinajstić information content (AvgIpc) is 2.86. The zero-order chi connectivity index (χ0) is 12.9. The molecule has 4 rings (SSSR count). The smallest absolute Gasteiger partial charge is 0.336 e. The summed E-state index contributed by atoms with van der Waals surface area (Å²) in [6.07, 6.45) is 8.74. The number of hydrogen-bond donors (Lipinski definition) is 0. The summed E-state index contributed by atoms with van der Waals surface area (Å²) in [4.78, 5) is 11.4. The Bertz CT molecular complexity index is 733. The molecule has 3 heteroatoms. The maximum atomic E-state index is 11.4. The molecule has 0 unspecified atom stereocenters. The van der Waals surface area contributed by atoms with Crippen molar-refractivity contribution in [1.82, 2.24) is 0 Å². The van der Waals surface area contributed by atoms with Crippen molar-refractivity contribution in [3.05, 3.63) is 46.3 Å². The Balaban J connectivity index is 1.92. The van der Waals surface area contributed by atoms with Gasteiger partial charge in [0.1, 0.15) is 16.9 Å². The maximum Gasteiger partial charge on any atom is 0.336 e. The molecule has 1 aromatic carbocycles. The van der Waals surface area contributed by atoms with Gasteiger partial charge in [-0.2, -0.15) is 0 Å². The molecule has 1 saturated carbocycles. The largest absolute Gasteiger partial charge is 0.482 e. The summed E-state index contributed by atoms with van der Waals surface area (Å²) in [6, 6.07) is 7.15. The van der Waals surface area contributed by atoms with Crippen LogP contribution in [0.25, 0.3) is 17.0 Å². The van der Waals surface area contributed by atoms with E-state index in [2.05, 4.69) is 12.2 Å². The van der Waals surface area contributed by atoms with Crippen LogP contribution in [0.3, 0.4) is 0 Å². The summed E-state index contributed by atoms with van der Waals surface area (Å²) in [5, 5.41) is 0.925. The van der Waals surface area contributed by atoms with E-state index in [0.717, 1.165) is 29.5 Å². The van der Waals surface area contributed by atoms with E-state index in [9.17, 15) is 4.79 Å². The highest BCUT2D eigenvalue weighted by molar-refractivity contribution is 5.89. The van der Waals surface area contributed by atoms with Gasteiger partial charge < -0.3 is 9.15 Å². The van der Waals surface area contributed by atoms with E-state index >= 15 is 0 Å². The van der Waals surface area contributed by atoms with Crippen LogP contribution in [0, 0.1) is 0 Å². The molecule has 1 aliphatic carbocycles. The fraction of sp³-hybridized carbons (Fsp3) is 0.312. The van der Waals surface area contributed by atoms with E-state index in [1.165, 1.54) is 18.9 Å². The van der Waals surface area contributed by atoms with Gasteiger partial charge in [-0.1, -0.05) is 0 Å². The first-order chi connectivity index (χ1) is 9.26. The van der Waals surface area contributed by atoms with Crippen LogP contribution >= 0.6 is 0 Å². The molecule has 96 valence electrons. The average molecular weight is 254 g/mol. The fourth-order valence-corrected chi connectivity index (χ4v) is 3.11. The van der Waals surface area contributed by atoms with Gasteiger partial charge in [-0.05, 0) is 56.0 Å². The quantitative estimate of drug-likeness (QED) is 0.675. The van der Waals surface area contributed by atoms with Crippen LogP contribution in [-0.4, -0.2) is 5.60 Å². The zero-order valence-corrected chi connectivity index (χ0v) is 10.5. The minimum Gasteiger partial charge on any atom is -0.482 e. The fourth-order valence-electron chi connectivity index (χ4n) is 3.11. The molecule has 3 nitrogen and oxygen atoms in total. The van der Waals surface area contributed by atoms with Gasteiger partial charge >= 0.3 is 5.63 Å². The predicted molar refractivity (Wildman–Crippen MR) is 73.3 cm³/mol. The lowest BCUT2D eigenvalue weighted by Crippen LogP contribution is -2.31. The summed E-state index contributed by atoms with van der Waals surface area (Å²) >= 11 is 0. The zero-order valence-electron chi connectivity index (χ0n) is 10.5. The minimum atomic E-state index is -0.324. The van der Waals surface area contributed by atoms with E-state index in [0.29, 0.717) is 5.58 Å². The van der Waals surface area contributed by atoms with Crippen molar-refractivity contribution < 1.29 is 9.15 Å². The lowest BCUT2D eigenvalue weighted by molar-refractivity contribution is 0.125. The number of ether oxygens (including phenoxy) is 1. The van der Waals surface area contributed by atoms with Gasteiger partial charge in [0.2, 0.25) is 0 Å². The van der Waals surface area contributed by atoms with Gasteiger partial charge in [0, 0.05) is 11.5 Å². The molecule has 0 N–H and O–H groups in total. The third-order valence-corrected chi connectivity index (χ3v) is 4.11. The van der Waals surface area contributed by atoms with Crippen molar-refractivity contribution in [1.29, 1.82) is 0 Å². The van der Waals surface area contributed by atoms with Crippen LogP contribution in [0.5, 0.6) is 5.75 Å². The Morgan fingerprint density at radius 3 is 2.68 bits per heavy atom. The Hall–Kier alpha value is -2.03. The Morgan fingerprint density at radius 1 is 1.05 bits per heavy atom. The normalized spacial score (nSPS) is 19.6. The van der Waals surface area contributed by atoms with Crippen molar-refractivity contribution in [3.8, 4) is 5.75 Å². The second-order valence-corrected chi connectivity index (χ2v) is 5.36. The molecule has 2 heterocycles. The molecular weight excluding hydrogens is 240 g/mol. The number of hydrogen-bond acceptors (Lipinski definition) is 3. The molecule has 0 bridgehead atoms. The monoisotopic (exact) mass is 254 g/mol. The Morgan fingerprint density at radius 2 is 1.84 bits per heavy atom. The highest BCUT2D eigenvalue weighted by Crippen LogP contribution is 2.42. The third-order valence-electron chi connectivity index (χ3n) is 4.11. The second-order valence-electron chi connectivity index (χ2n) is 5.36. The molecular formula is C16H14O3. The van der Waals surface area contributed by atoms with E-state index in [4.69, 9.17) is 9.15 Å². The lowest BCUT2D eigenvalue weighted by atomic mass is 9.96. The lowest BCUT2D eigenvalue weighted by Gasteiger charge is -2.31. The minimum absolute atomic E-state index is 0.129. The van der Waals surface area contributed by atoms with Crippen molar-refractivity contribution in [2.24, 2.45) is 0 Å². The first kappa shape index (κ1) is 10.9. The van der Waals surface area contributed by atoms with E-state index in [-0.39, 0.29) is 11.2 Å². The molecule has 1 spiro atoms. The molecule has 1 fully saturated rings. The summed E-state index contributed by atoms with van der Waals surface area (Å²) in [5.41, 5.74) is 1.05. The molecule has 1 aromatic heterocycles. The SMILES string of the molecule is O=c1ccc2ccc3c(c2o1)C=CC1(CCCC1)O3. The summed E-state index contributed by atoms with van der Waals surface area (Å²) in [7, 11) is 0. The van der Waals surface area contributed by atoms with Crippen LogP contribution in [0.4, 0.5) is 0 Å². The molecule has 0 atom stereocenters. The van der Waals surface area contributed by atoms with Gasteiger partial charge in [-0.15, -0.1) is 0 Å². The number of fused-ring (bicyclic) bond motifs is 3. The van der Waals surface area contributed by atoms with Gasteiger partial charge in [0.05, 0.1) is 5.56 Å². The first-order valence-corrected chi connectivity index (χ1v) is 6.71. The van der Waals surface area contributed by atoms with Crippen molar-refractivity contribution in [2.45, 2.75) is 31.3 Å². The van der Waals surface area contributed by atoms with Crippen molar-refractivity contribution in [3.63, 3.8) is 0 Å². The molecule has 2 aromatic rings. The predicted octanol–water partition coefficient (Wildman–Crippen LogP) is 3.51. The van der Waals surface area contributed by atoms with E-state index < -0.39 is 0 Å². The molecule has 2 aliphatic rings. The van der Waals surface area contributed by atoms with Crippen LogP contribution < -0.4 is 10.4 Å². The summed E-state index contributed by atoms with van der Waals surface area (Å²) in [6.45, 7) is 0. The highest BCUT2D eigenvalue weighted by atomic mass is 16.5. The molecule has 1 aliphatic heterocycles. The molecule has 19 heavy (non-hydrogen) atoms. The van der Waals surface area contributed by atoms with Crippen LogP contribution in [0.2, 0.25) is 0 Å². The Kier molecular flexibility index (Phi) is 2.13. The van der Waals surface area contributed by atoms with Crippen LogP contribution in [0.15, 0.2) is 39.6 Å². The second kappa shape index (κ2) is 3.73. The van der Waals surface area contributed by atoms with Gasteiger partial charge in [0.15, 0.2) is 0 Å². The summed E-state index contributed by atoms with van der Waals surface area (Å²) < 4.78 is 11.5. The van der Waals surface area contributed by atoms with Crippen molar-refractivity contribution >= 4 is 17.0 Å². The number of rotatable bonds is 0.